The van der Waals surface area contributed by atoms with Gasteiger partial charge in [-0.15, -0.1) is 11.3 Å². The normalized spacial score (nSPS) is 12.9. The number of anilines is 1. The summed E-state index contributed by atoms with van der Waals surface area (Å²) in [6, 6.07) is 4.44. The van der Waals surface area contributed by atoms with Crippen molar-refractivity contribution in [3.05, 3.63) is 50.6 Å². The van der Waals surface area contributed by atoms with E-state index in [1.807, 2.05) is 0 Å². The molecule has 0 fully saturated rings. The first-order valence-electron chi connectivity index (χ1n) is 8.46. The van der Waals surface area contributed by atoms with Crippen LogP contribution in [-0.2, 0) is 17.6 Å². The molecule has 4 rings (SSSR count). The summed E-state index contributed by atoms with van der Waals surface area (Å²) in [6.45, 7) is 1.80. The van der Waals surface area contributed by atoms with E-state index in [0.717, 1.165) is 40.1 Å². The van der Waals surface area contributed by atoms with Gasteiger partial charge in [0, 0.05) is 22.4 Å². The van der Waals surface area contributed by atoms with Gasteiger partial charge in [-0.05, 0) is 37.3 Å². The molecular formula is C18H16N4O3S2. The molecule has 27 heavy (non-hydrogen) atoms. The number of fused-ring (bicyclic) bond motifs is 3. The minimum absolute atomic E-state index is 0.0464. The predicted octanol–water partition coefficient (Wildman–Crippen LogP) is 4.13. The van der Waals surface area contributed by atoms with Gasteiger partial charge in [0.25, 0.3) is 5.69 Å². The Morgan fingerprint density at radius 2 is 2.22 bits per heavy atom. The lowest BCUT2D eigenvalue weighted by Crippen LogP contribution is -2.15. The van der Waals surface area contributed by atoms with Crippen molar-refractivity contribution >= 4 is 50.6 Å². The predicted molar refractivity (Wildman–Crippen MR) is 107 cm³/mol. The summed E-state index contributed by atoms with van der Waals surface area (Å²) in [5.41, 5.74) is 2.51. The van der Waals surface area contributed by atoms with Gasteiger partial charge in [-0.3, -0.25) is 14.9 Å². The number of thiophene rings is 1. The van der Waals surface area contributed by atoms with Crippen molar-refractivity contribution in [1.82, 2.24) is 9.97 Å². The smallest absolute Gasteiger partial charge is 0.271 e. The van der Waals surface area contributed by atoms with Crippen LogP contribution in [-0.4, -0.2) is 26.6 Å². The number of thioether (sulfide) groups is 1. The molecule has 1 N–H and O–H groups in total. The van der Waals surface area contributed by atoms with Crippen LogP contribution < -0.4 is 5.32 Å². The molecule has 138 valence electrons. The van der Waals surface area contributed by atoms with E-state index in [1.54, 1.807) is 30.7 Å². The SMILES string of the molecule is Cc1ccc([N+](=O)[O-])cc1NC(=O)CSc1ncnc2sc3c(c12)CCC3. The van der Waals surface area contributed by atoms with Crippen LogP contribution in [0.1, 0.15) is 22.4 Å². The average molecular weight is 400 g/mol. The molecule has 0 radical (unpaired) electrons. The number of carbonyl (C=O) groups is 1. The number of nitro benzene ring substituents is 1. The summed E-state index contributed by atoms with van der Waals surface area (Å²) in [7, 11) is 0. The molecule has 0 bridgehead atoms. The maximum absolute atomic E-state index is 12.4. The summed E-state index contributed by atoms with van der Waals surface area (Å²) in [5.74, 6) is -0.0407. The Hall–Kier alpha value is -2.52. The molecule has 0 unspecified atom stereocenters. The van der Waals surface area contributed by atoms with Gasteiger partial charge in [-0.2, -0.15) is 0 Å². The minimum atomic E-state index is -0.474. The Balaban J connectivity index is 1.50. The minimum Gasteiger partial charge on any atom is -0.325 e. The molecular weight excluding hydrogens is 384 g/mol. The van der Waals surface area contributed by atoms with Crippen molar-refractivity contribution in [3.8, 4) is 0 Å². The quantitative estimate of drug-likeness (QED) is 0.299. The van der Waals surface area contributed by atoms with E-state index >= 15 is 0 Å². The summed E-state index contributed by atoms with van der Waals surface area (Å²) in [4.78, 5) is 33.9. The van der Waals surface area contributed by atoms with Gasteiger partial charge in [-0.1, -0.05) is 17.8 Å². The number of non-ortho nitro benzene ring substituents is 1. The Kier molecular flexibility index (Phi) is 4.79. The highest BCUT2D eigenvalue weighted by Crippen LogP contribution is 2.40. The topological polar surface area (TPSA) is 98.0 Å². The Bertz CT molecular complexity index is 1060. The third kappa shape index (κ3) is 3.52. The summed E-state index contributed by atoms with van der Waals surface area (Å²) in [6.07, 6.45) is 4.82. The zero-order valence-corrected chi connectivity index (χ0v) is 16.2. The van der Waals surface area contributed by atoms with Crippen molar-refractivity contribution in [2.45, 2.75) is 31.2 Å². The lowest BCUT2D eigenvalue weighted by Gasteiger charge is -2.08. The molecule has 7 nitrogen and oxygen atoms in total. The second kappa shape index (κ2) is 7.24. The van der Waals surface area contributed by atoms with Gasteiger partial charge < -0.3 is 5.32 Å². The molecule has 0 spiro atoms. The molecule has 1 aromatic carbocycles. The van der Waals surface area contributed by atoms with Gasteiger partial charge in [0.05, 0.1) is 16.4 Å². The summed E-state index contributed by atoms with van der Waals surface area (Å²) < 4.78 is 0. The number of nitrogens with one attached hydrogen (secondary N) is 1. The maximum Gasteiger partial charge on any atom is 0.271 e. The van der Waals surface area contributed by atoms with E-state index in [9.17, 15) is 14.9 Å². The van der Waals surface area contributed by atoms with E-state index in [0.29, 0.717) is 5.69 Å². The van der Waals surface area contributed by atoms with Gasteiger partial charge in [0.1, 0.15) is 16.2 Å². The van der Waals surface area contributed by atoms with Crippen LogP contribution >= 0.6 is 23.1 Å². The molecule has 0 aliphatic heterocycles. The number of amides is 1. The van der Waals surface area contributed by atoms with Crippen LogP contribution in [0.4, 0.5) is 11.4 Å². The Labute approximate surface area is 163 Å². The highest BCUT2D eigenvalue weighted by molar-refractivity contribution is 8.00. The van der Waals surface area contributed by atoms with E-state index in [-0.39, 0.29) is 17.3 Å². The fourth-order valence-corrected chi connectivity index (χ4v) is 5.31. The molecule has 2 heterocycles. The lowest BCUT2D eigenvalue weighted by atomic mass is 10.2. The lowest BCUT2D eigenvalue weighted by molar-refractivity contribution is -0.384. The molecule has 9 heteroatoms. The number of nitrogens with zero attached hydrogens (tertiary/aromatic N) is 3. The van der Waals surface area contributed by atoms with Crippen LogP contribution in [0.3, 0.4) is 0 Å². The van der Waals surface area contributed by atoms with Crippen molar-refractivity contribution in [1.29, 1.82) is 0 Å². The Morgan fingerprint density at radius 3 is 3.04 bits per heavy atom. The van der Waals surface area contributed by atoms with E-state index in [4.69, 9.17) is 0 Å². The van der Waals surface area contributed by atoms with Crippen molar-refractivity contribution in [2.24, 2.45) is 0 Å². The molecule has 3 aromatic rings. The van der Waals surface area contributed by atoms with E-state index in [2.05, 4.69) is 15.3 Å². The summed E-state index contributed by atoms with van der Waals surface area (Å²) in [5, 5.41) is 15.6. The third-order valence-corrected chi connectivity index (χ3v) is 6.70. The first kappa shape index (κ1) is 17.9. The van der Waals surface area contributed by atoms with Gasteiger partial charge >= 0.3 is 0 Å². The molecule has 0 saturated carbocycles. The van der Waals surface area contributed by atoms with Crippen molar-refractivity contribution in [3.63, 3.8) is 0 Å². The average Bonchev–Trinajstić information content (AvgIpc) is 3.22. The largest absolute Gasteiger partial charge is 0.325 e. The number of aryl methyl sites for hydroxylation is 3. The number of carbonyl (C=O) groups excluding carboxylic acids is 1. The summed E-state index contributed by atoms with van der Waals surface area (Å²) >= 11 is 3.09. The highest BCUT2D eigenvalue weighted by Gasteiger charge is 2.21. The number of aromatic nitrogens is 2. The zero-order chi connectivity index (χ0) is 19.0. The van der Waals surface area contributed by atoms with Crippen LogP contribution in [0.5, 0.6) is 0 Å². The molecule has 0 saturated heterocycles. The van der Waals surface area contributed by atoms with Crippen LogP contribution in [0, 0.1) is 17.0 Å². The number of nitro groups is 1. The molecule has 1 aliphatic carbocycles. The molecule has 1 aliphatic rings. The van der Waals surface area contributed by atoms with E-state index in [1.165, 1.54) is 34.3 Å². The molecule has 0 atom stereocenters. The monoisotopic (exact) mass is 400 g/mol. The standard InChI is InChI=1S/C18H16N4O3S2/c1-10-5-6-11(22(24)25)7-13(10)21-15(23)8-26-17-16-12-3-2-4-14(12)27-18(16)20-9-19-17/h5-7,9H,2-4,8H2,1H3,(H,21,23). The molecule has 1 amide bonds. The van der Waals surface area contributed by atoms with Gasteiger partial charge in [-0.25, -0.2) is 9.97 Å². The van der Waals surface area contributed by atoms with Crippen LogP contribution in [0.2, 0.25) is 0 Å². The Morgan fingerprint density at radius 1 is 1.37 bits per heavy atom. The molecule has 2 aromatic heterocycles. The zero-order valence-electron chi connectivity index (χ0n) is 14.5. The van der Waals surface area contributed by atoms with Gasteiger partial charge in [0.15, 0.2) is 0 Å². The number of rotatable bonds is 5. The number of hydrogen-bond donors (Lipinski definition) is 1. The first-order chi connectivity index (χ1) is 13.0. The van der Waals surface area contributed by atoms with Gasteiger partial charge in [0.2, 0.25) is 5.91 Å². The third-order valence-electron chi connectivity index (χ3n) is 4.51. The van der Waals surface area contributed by atoms with E-state index < -0.39 is 4.92 Å². The fourth-order valence-electron chi connectivity index (χ4n) is 3.19. The second-order valence-electron chi connectivity index (χ2n) is 6.31. The number of benzene rings is 1. The van der Waals surface area contributed by atoms with Crippen LogP contribution in [0.25, 0.3) is 10.2 Å². The highest BCUT2D eigenvalue weighted by atomic mass is 32.2. The van der Waals surface area contributed by atoms with Crippen molar-refractivity contribution in [2.75, 3.05) is 11.1 Å². The second-order valence-corrected chi connectivity index (χ2v) is 8.36. The maximum atomic E-state index is 12.4. The first-order valence-corrected chi connectivity index (χ1v) is 10.3. The fraction of sp³-hybridized carbons (Fsp3) is 0.278. The van der Waals surface area contributed by atoms with Crippen molar-refractivity contribution < 1.29 is 9.72 Å². The number of hydrogen-bond acceptors (Lipinski definition) is 7. The van der Waals surface area contributed by atoms with Crippen LogP contribution in [0.15, 0.2) is 29.6 Å².